The minimum absolute atomic E-state index is 0.0415. The molecule has 0 radical (unpaired) electrons. The van der Waals surface area contributed by atoms with Crippen molar-refractivity contribution in [2.45, 2.75) is 58.0 Å². The van der Waals surface area contributed by atoms with Crippen LogP contribution in [0.3, 0.4) is 0 Å². The van der Waals surface area contributed by atoms with Crippen molar-refractivity contribution in [3.8, 4) is 0 Å². The summed E-state index contributed by atoms with van der Waals surface area (Å²) < 4.78 is 3.44. The molecule has 0 bridgehead atoms. The molecule has 3 fully saturated rings. The van der Waals surface area contributed by atoms with Crippen molar-refractivity contribution in [3.05, 3.63) is 47.7 Å². The number of nitrogens with one attached hydrogen (secondary N) is 2. The van der Waals surface area contributed by atoms with E-state index in [4.69, 9.17) is 10.1 Å². The first-order valence-corrected chi connectivity index (χ1v) is 13.0. The number of aryl methyl sites for hydroxylation is 1. The lowest BCUT2D eigenvalue weighted by molar-refractivity contribution is -0.134. The van der Waals surface area contributed by atoms with Crippen molar-refractivity contribution in [1.29, 1.82) is 0 Å². The second kappa shape index (κ2) is 9.15. The fourth-order valence-electron chi connectivity index (χ4n) is 5.64. The highest BCUT2D eigenvalue weighted by Gasteiger charge is 2.47. The van der Waals surface area contributed by atoms with Crippen LogP contribution in [0.25, 0.3) is 5.65 Å². The quantitative estimate of drug-likeness (QED) is 0.475. The molecule has 1 saturated heterocycles. The number of hydrogen-bond acceptors (Lipinski definition) is 6. The van der Waals surface area contributed by atoms with Gasteiger partial charge in [0.15, 0.2) is 11.4 Å². The monoisotopic (exact) mass is 489 g/mol. The van der Waals surface area contributed by atoms with Gasteiger partial charge in [-0.25, -0.2) is 9.50 Å². The number of carbonyl (C=O) groups excluding carboxylic acids is 3. The summed E-state index contributed by atoms with van der Waals surface area (Å²) in [6.07, 6.45) is 8.98. The SMILES string of the molecule is CCn1nccc1C(=O)N[C@H](c1cn2nc(CC3CC(=O)CNC3=O)ccc2n1)C(C1CC1)C1CC1. The summed E-state index contributed by atoms with van der Waals surface area (Å²) in [4.78, 5) is 42.2. The van der Waals surface area contributed by atoms with Crippen molar-refractivity contribution < 1.29 is 14.4 Å². The predicted octanol–water partition coefficient (Wildman–Crippen LogP) is 2.10. The van der Waals surface area contributed by atoms with Gasteiger partial charge in [0, 0.05) is 25.6 Å². The normalized spacial score (nSPS) is 21.1. The second-order valence-corrected chi connectivity index (χ2v) is 10.4. The summed E-state index contributed by atoms with van der Waals surface area (Å²) in [7, 11) is 0. The zero-order valence-electron chi connectivity index (χ0n) is 20.4. The van der Waals surface area contributed by atoms with Crippen LogP contribution in [0, 0.1) is 23.7 Å². The minimum Gasteiger partial charge on any atom is -0.349 e. The Labute approximate surface area is 208 Å². The molecule has 0 spiro atoms. The van der Waals surface area contributed by atoms with Gasteiger partial charge < -0.3 is 10.6 Å². The first-order valence-electron chi connectivity index (χ1n) is 13.0. The fourth-order valence-corrected chi connectivity index (χ4v) is 5.64. The molecule has 1 unspecified atom stereocenters. The van der Waals surface area contributed by atoms with E-state index in [-0.39, 0.29) is 36.6 Å². The molecule has 3 aliphatic rings. The maximum atomic E-state index is 13.3. The van der Waals surface area contributed by atoms with E-state index in [0.717, 1.165) is 11.4 Å². The molecule has 0 aromatic carbocycles. The summed E-state index contributed by atoms with van der Waals surface area (Å²) in [5.41, 5.74) is 2.79. The van der Waals surface area contributed by atoms with Gasteiger partial charge in [0.05, 0.1) is 36.1 Å². The summed E-state index contributed by atoms with van der Waals surface area (Å²) >= 11 is 0. The van der Waals surface area contributed by atoms with Gasteiger partial charge in [-0.1, -0.05) is 0 Å². The number of imidazole rings is 1. The van der Waals surface area contributed by atoms with Gasteiger partial charge >= 0.3 is 0 Å². The van der Waals surface area contributed by atoms with Gasteiger partial charge in [0.25, 0.3) is 5.91 Å². The lowest BCUT2D eigenvalue weighted by Gasteiger charge is -2.27. The number of fused-ring (bicyclic) bond motifs is 1. The van der Waals surface area contributed by atoms with E-state index in [1.54, 1.807) is 21.5 Å². The lowest BCUT2D eigenvalue weighted by atomic mass is 9.87. The standard InChI is InChI=1S/C26H31N7O3/c1-2-32-21(9-10-28-32)26(36)30-24(23(15-3-4-15)16-5-6-16)20-14-33-22(29-20)8-7-18(31-33)11-17-12-19(34)13-27-25(17)35/h7-10,14-17,23-24H,2-6,11-13H2,1H3,(H,27,35)(H,30,36)/t17?,24-/m1/s1. The van der Waals surface area contributed by atoms with E-state index >= 15 is 0 Å². The molecule has 3 aromatic heterocycles. The first kappa shape index (κ1) is 22.9. The van der Waals surface area contributed by atoms with Crippen LogP contribution in [0.15, 0.2) is 30.6 Å². The predicted molar refractivity (Wildman–Crippen MR) is 130 cm³/mol. The van der Waals surface area contributed by atoms with E-state index in [9.17, 15) is 14.4 Å². The third kappa shape index (κ3) is 4.52. The maximum Gasteiger partial charge on any atom is 0.270 e. The van der Waals surface area contributed by atoms with Crippen molar-refractivity contribution in [3.63, 3.8) is 0 Å². The lowest BCUT2D eigenvalue weighted by Crippen LogP contribution is -2.42. The second-order valence-electron chi connectivity index (χ2n) is 10.4. The molecule has 4 heterocycles. The molecule has 10 nitrogen and oxygen atoms in total. The molecule has 2 aliphatic carbocycles. The number of nitrogens with zero attached hydrogens (tertiary/aromatic N) is 5. The third-order valence-corrected chi connectivity index (χ3v) is 7.73. The topological polar surface area (TPSA) is 123 Å². The highest BCUT2D eigenvalue weighted by molar-refractivity contribution is 5.94. The number of hydrogen-bond donors (Lipinski definition) is 2. The zero-order chi connectivity index (χ0) is 24.8. The number of carbonyl (C=O) groups is 3. The molecule has 188 valence electrons. The van der Waals surface area contributed by atoms with Crippen LogP contribution in [-0.2, 0) is 22.6 Å². The summed E-state index contributed by atoms with van der Waals surface area (Å²) in [5.74, 6) is 0.971. The van der Waals surface area contributed by atoms with E-state index in [0.29, 0.717) is 42.1 Å². The Morgan fingerprint density at radius 3 is 2.67 bits per heavy atom. The van der Waals surface area contributed by atoms with Crippen LogP contribution in [-0.4, -0.2) is 48.5 Å². The van der Waals surface area contributed by atoms with Gasteiger partial charge in [0.2, 0.25) is 5.91 Å². The molecule has 36 heavy (non-hydrogen) atoms. The first-order chi connectivity index (χ1) is 17.5. The number of amides is 2. The molecular formula is C26H31N7O3. The largest absolute Gasteiger partial charge is 0.349 e. The van der Waals surface area contributed by atoms with Crippen LogP contribution in [0.4, 0.5) is 0 Å². The molecule has 2 saturated carbocycles. The summed E-state index contributed by atoms with van der Waals surface area (Å²) in [6.45, 7) is 2.71. The van der Waals surface area contributed by atoms with Gasteiger partial charge in [0.1, 0.15) is 5.69 Å². The van der Waals surface area contributed by atoms with Gasteiger partial charge in [-0.2, -0.15) is 10.2 Å². The smallest absolute Gasteiger partial charge is 0.270 e. The Hall–Kier alpha value is -3.56. The minimum atomic E-state index is -0.399. The molecule has 10 heteroatoms. The Bertz CT molecular complexity index is 1310. The Morgan fingerprint density at radius 1 is 1.17 bits per heavy atom. The third-order valence-electron chi connectivity index (χ3n) is 7.73. The highest BCUT2D eigenvalue weighted by Crippen LogP contribution is 2.54. The molecule has 3 aromatic rings. The number of aromatic nitrogens is 5. The van der Waals surface area contributed by atoms with Gasteiger partial charge in [-0.05, 0) is 68.6 Å². The van der Waals surface area contributed by atoms with E-state index in [1.165, 1.54) is 25.7 Å². The van der Waals surface area contributed by atoms with E-state index < -0.39 is 5.92 Å². The number of rotatable bonds is 9. The van der Waals surface area contributed by atoms with Crippen molar-refractivity contribution in [1.82, 2.24) is 35.0 Å². The van der Waals surface area contributed by atoms with Crippen LogP contribution in [0.5, 0.6) is 0 Å². The average Bonchev–Trinajstić information content (AvgIpc) is 3.79. The fraction of sp³-hybridized carbons (Fsp3) is 0.538. The summed E-state index contributed by atoms with van der Waals surface area (Å²) in [6, 6.07) is 5.31. The van der Waals surface area contributed by atoms with Crippen LogP contribution < -0.4 is 10.6 Å². The van der Waals surface area contributed by atoms with E-state index in [1.807, 2.05) is 25.3 Å². The zero-order valence-corrected chi connectivity index (χ0v) is 20.4. The highest BCUT2D eigenvalue weighted by atomic mass is 16.2. The number of Topliss-reactive ketones (excluding diaryl/α,β-unsaturated/α-hetero) is 1. The molecule has 2 N–H and O–H groups in total. The van der Waals surface area contributed by atoms with Crippen molar-refractivity contribution >= 4 is 23.2 Å². The maximum absolute atomic E-state index is 13.3. The molecule has 6 rings (SSSR count). The van der Waals surface area contributed by atoms with Crippen molar-refractivity contribution in [2.75, 3.05) is 6.54 Å². The Balaban J connectivity index is 1.29. The van der Waals surface area contributed by atoms with Gasteiger partial charge in [-0.3, -0.25) is 19.1 Å². The van der Waals surface area contributed by atoms with E-state index in [2.05, 4.69) is 15.7 Å². The molecule has 1 aliphatic heterocycles. The average molecular weight is 490 g/mol. The van der Waals surface area contributed by atoms with Crippen LogP contribution in [0.2, 0.25) is 0 Å². The Kier molecular flexibility index (Phi) is 5.81. The van der Waals surface area contributed by atoms with Crippen LogP contribution in [0.1, 0.15) is 66.9 Å². The molecule has 2 atom stereocenters. The van der Waals surface area contributed by atoms with Crippen molar-refractivity contribution in [2.24, 2.45) is 23.7 Å². The Morgan fingerprint density at radius 2 is 1.94 bits per heavy atom. The number of piperidine rings is 1. The summed E-state index contributed by atoms with van der Waals surface area (Å²) in [5, 5.41) is 14.9. The molecular weight excluding hydrogens is 458 g/mol. The van der Waals surface area contributed by atoms with Crippen LogP contribution >= 0.6 is 0 Å². The number of ketones is 1. The molecule has 2 amide bonds. The van der Waals surface area contributed by atoms with Gasteiger partial charge in [-0.15, -0.1) is 0 Å².